The molecule has 2 rings (SSSR count). The van der Waals surface area contributed by atoms with Crippen LogP contribution in [0.15, 0.2) is 29.4 Å². The molecule has 0 atom stereocenters. The Morgan fingerprint density at radius 3 is 2.76 bits per heavy atom. The fraction of sp³-hybridized carbons (Fsp3) is 0.267. The molecule has 0 spiro atoms. The minimum atomic E-state index is -0.250. The van der Waals surface area contributed by atoms with E-state index in [1.807, 2.05) is 51.0 Å². The molecule has 0 saturated heterocycles. The van der Waals surface area contributed by atoms with Crippen LogP contribution in [0.3, 0.4) is 0 Å². The lowest BCUT2D eigenvalue weighted by molar-refractivity contribution is 0.0955. The van der Waals surface area contributed by atoms with Crippen molar-refractivity contribution in [2.45, 2.75) is 13.8 Å². The number of aromatic nitrogens is 2. The summed E-state index contributed by atoms with van der Waals surface area (Å²) in [5.41, 5.74) is 6.76. The van der Waals surface area contributed by atoms with Crippen LogP contribution in [0.1, 0.15) is 27.3 Å². The predicted molar refractivity (Wildman–Crippen MR) is 83.9 cm³/mol. The number of benzene rings is 1. The largest absolute Gasteiger partial charge is 0.378 e. The first-order valence-electron chi connectivity index (χ1n) is 6.61. The van der Waals surface area contributed by atoms with Crippen molar-refractivity contribution in [1.82, 2.24) is 15.6 Å². The van der Waals surface area contributed by atoms with Gasteiger partial charge in [0.05, 0.1) is 6.21 Å². The topological polar surface area (TPSA) is 73.4 Å². The summed E-state index contributed by atoms with van der Waals surface area (Å²) >= 11 is 0. The highest BCUT2D eigenvalue weighted by Crippen LogP contribution is 2.13. The highest BCUT2D eigenvalue weighted by molar-refractivity contribution is 5.95. The number of carbonyl (C=O) groups is 1. The van der Waals surface area contributed by atoms with Crippen molar-refractivity contribution in [3.05, 3.63) is 46.8 Å². The van der Waals surface area contributed by atoms with Crippen molar-refractivity contribution in [2.75, 3.05) is 19.0 Å². The Kier molecular flexibility index (Phi) is 4.37. The van der Waals surface area contributed by atoms with E-state index in [9.17, 15) is 4.79 Å². The first-order chi connectivity index (χ1) is 9.99. The number of hydrogen-bond donors (Lipinski definition) is 2. The number of hydrogen-bond acceptors (Lipinski definition) is 4. The zero-order chi connectivity index (χ0) is 15.4. The van der Waals surface area contributed by atoms with Gasteiger partial charge < -0.3 is 4.90 Å². The third-order valence-corrected chi connectivity index (χ3v) is 3.27. The summed E-state index contributed by atoms with van der Waals surface area (Å²) in [6.45, 7) is 3.88. The van der Waals surface area contributed by atoms with E-state index in [0.29, 0.717) is 5.56 Å². The molecule has 1 aromatic heterocycles. The zero-order valence-corrected chi connectivity index (χ0v) is 12.6. The van der Waals surface area contributed by atoms with E-state index in [2.05, 4.69) is 20.7 Å². The van der Waals surface area contributed by atoms with Gasteiger partial charge in [-0.2, -0.15) is 10.2 Å². The maximum Gasteiger partial charge on any atom is 0.271 e. The highest BCUT2D eigenvalue weighted by atomic mass is 16.2. The van der Waals surface area contributed by atoms with Crippen molar-refractivity contribution in [3.8, 4) is 0 Å². The average Bonchev–Trinajstić information content (AvgIpc) is 2.79. The fourth-order valence-corrected chi connectivity index (χ4v) is 1.77. The monoisotopic (exact) mass is 285 g/mol. The van der Waals surface area contributed by atoms with Gasteiger partial charge in [0.25, 0.3) is 5.91 Å². The number of hydrazone groups is 1. The molecular formula is C15H19N5O. The summed E-state index contributed by atoms with van der Waals surface area (Å²) in [5, 5.41) is 10.9. The maximum absolute atomic E-state index is 12.0. The van der Waals surface area contributed by atoms with Gasteiger partial charge in [-0.3, -0.25) is 9.89 Å². The number of rotatable bonds is 4. The first kappa shape index (κ1) is 14.8. The molecule has 1 amide bonds. The Balaban J connectivity index is 2.05. The smallest absolute Gasteiger partial charge is 0.271 e. The van der Waals surface area contributed by atoms with Crippen LogP contribution in [0, 0.1) is 13.8 Å². The van der Waals surface area contributed by atoms with Crippen molar-refractivity contribution >= 4 is 17.8 Å². The predicted octanol–water partition coefficient (Wildman–Crippen LogP) is 1.86. The van der Waals surface area contributed by atoms with Gasteiger partial charge in [0, 0.05) is 31.0 Å². The minimum Gasteiger partial charge on any atom is -0.378 e. The van der Waals surface area contributed by atoms with E-state index in [1.165, 1.54) is 6.21 Å². The maximum atomic E-state index is 12.0. The molecule has 6 nitrogen and oxygen atoms in total. The molecule has 1 heterocycles. The summed E-state index contributed by atoms with van der Waals surface area (Å²) in [6.07, 6.45) is 1.53. The van der Waals surface area contributed by atoms with Crippen LogP contribution < -0.4 is 10.3 Å². The molecule has 110 valence electrons. The standard InChI is InChI=1S/C15H19N5O/c1-10-11(2)17-18-14(10)9-16-19-15(21)12-6-5-7-13(8-12)20(3)4/h5-9H,1-4H3,(H,17,18)(H,19,21)/b16-9+. The van der Waals surface area contributed by atoms with Crippen molar-refractivity contribution in [3.63, 3.8) is 0 Å². The SMILES string of the molecule is Cc1[nH]nc(/C=N/NC(=O)c2cccc(N(C)C)c2)c1C. The van der Waals surface area contributed by atoms with Gasteiger partial charge in [0.1, 0.15) is 5.69 Å². The molecule has 2 aromatic rings. The number of carbonyl (C=O) groups excluding carboxylic acids is 1. The van der Waals surface area contributed by atoms with Gasteiger partial charge in [-0.05, 0) is 37.6 Å². The molecule has 0 radical (unpaired) electrons. The van der Waals surface area contributed by atoms with Crippen LogP contribution in [0.5, 0.6) is 0 Å². The lowest BCUT2D eigenvalue weighted by atomic mass is 10.2. The molecule has 0 saturated carbocycles. The Bertz CT molecular complexity index is 672. The number of aryl methyl sites for hydroxylation is 1. The molecule has 1 aromatic carbocycles. The summed E-state index contributed by atoms with van der Waals surface area (Å²) in [6, 6.07) is 7.35. The number of H-pyrrole nitrogens is 1. The number of anilines is 1. The van der Waals surface area contributed by atoms with Crippen molar-refractivity contribution < 1.29 is 4.79 Å². The molecular weight excluding hydrogens is 266 g/mol. The molecule has 21 heavy (non-hydrogen) atoms. The molecule has 0 aliphatic rings. The molecule has 0 aliphatic heterocycles. The molecule has 2 N–H and O–H groups in total. The summed E-state index contributed by atoms with van der Waals surface area (Å²) in [5.74, 6) is -0.250. The van der Waals surface area contributed by atoms with Crippen LogP contribution in [0.2, 0.25) is 0 Å². The van der Waals surface area contributed by atoms with Crippen LogP contribution in [0.4, 0.5) is 5.69 Å². The van der Waals surface area contributed by atoms with E-state index >= 15 is 0 Å². The van der Waals surface area contributed by atoms with E-state index in [0.717, 1.165) is 22.6 Å². The Morgan fingerprint density at radius 2 is 2.14 bits per heavy atom. The first-order valence-corrected chi connectivity index (χ1v) is 6.61. The van der Waals surface area contributed by atoms with Gasteiger partial charge in [-0.1, -0.05) is 6.07 Å². The highest BCUT2D eigenvalue weighted by Gasteiger charge is 2.06. The Hall–Kier alpha value is -2.63. The lowest BCUT2D eigenvalue weighted by Crippen LogP contribution is -2.18. The Labute approximate surface area is 123 Å². The van der Waals surface area contributed by atoms with Crippen LogP contribution in [-0.2, 0) is 0 Å². The average molecular weight is 285 g/mol. The second-order valence-corrected chi connectivity index (χ2v) is 5.00. The van der Waals surface area contributed by atoms with Gasteiger partial charge in [0.15, 0.2) is 0 Å². The number of nitrogens with zero attached hydrogens (tertiary/aromatic N) is 3. The van der Waals surface area contributed by atoms with Gasteiger partial charge in [-0.25, -0.2) is 5.43 Å². The summed E-state index contributed by atoms with van der Waals surface area (Å²) in [4.78, 5) is 14.0. The molecule has 0 bridgehead atoms. The molecule has 0 aliphatic carbocycles. The third kappa shape index (κ3) is 3.47. The lowest BCUT2D eigenvalue weighted by Gasteiger charge is -2.12. The summed E-state index contributed by atoms with van der Waals surface area (Å²) < 4.78 is 0. The Morgan fingerprint density at radius 1 is 1.38 bits per heavy atom. The van der Waals surface area contributed by atoms with Crippen molar-refractivity contribution in [1.29, 1.82) is 0 Å². The molecule has 6 heteroatoms. The number of amides is 1. The van der Waals surface area contributed by atoms with Crippen molar-refractivity contribution in [2.24, 2.45) is 5.10 Å². The quantitative estimate of drug-likeness (QED) is 0.665. The van der Waals surface area contributed by atoms with E-state index in [4.69, 9.17) is 0 Å². The zero-order valence-electron chi connectivity index (χ0n) is 12.6. The van der Waals surface area contributed by atoms with E-state index in [1.54, 1.807) is 6.07 Å². The van der Waals surface area contributed by atoms with Crippen LogP contribution in [-0.4, -0.2) is 36.4 Å². The second kappa shape index (κ2) is 6.21. The van der Waals surface area contributed by atoms with Gasteiger partial charge in [0.2, 0.25) is 0 Å². The third-order valence-electron chi connectivity index (χ3n) is 3.27. The van der Waals surface area contributed by atoms with E-state index < -0.39 is 0 Å². The molecule has 0 fully saturated rings. The minimum absolute atomic E-state index is 0.250. The number of nitrogens with one attached hydrogen (secondary N) is 2. The van der Waals surface area contributed by atoms with Crippen LogP contribution in [0.25, 0.3) is 0 Å². The number of aromatic amines is 1. The van der Waals surface area contributed by atoms with Crippen LogP contribution >= 0.6 is 0 Å². The second-order valence-electron chi connectivity index (χ2n) is 5.00. The molecule has 0 unspecified atom stereocenters. The van der Waals surface area contributed by atoms with Gasteiger partial charge >= 0.3 is 0 Å². The van der Waals surface area contributed by atoms with E-state index in [-0.39, 0.29) is 5.91 Å². The fourth-order valence-electron chi connectivity index (χ4n) is 1.77. The summed E-state index contributed by atoms with van der Waals surface area (Å²) in [7, 11) is 3.86. The van der Waals surface area contributed by atoms with Gasteiger partial charge in [-0.15, -0.1) is 0 Å². The normalized spacial score (nSPS) is 10.9.